The van der Waals surface area contributed by atoms with Gasteiger partial charge in [0.15, 0.2) is 12.4 Å². The Bertz CT molecular complexity index is 657. The van der Waals surface area contributed by atoms with Crippen molar-refractivity contribution < 1.29 is 18.9 Å². The summed E-state index contributed by atoms with van der Waals surface area (Å²) >= 11 is 0. The molecule has 0 fully saturated rings. The number of nitrogens with one attached hydrogen (secondary N) is 1. The molecule has 1 aromatic heterocycles. The summed E-state index contributed by atoms with van der Waals surface area (Å²) < 4.78 is 6.77. The number of hydrogen-bond donors (Lipinski definition) is 2. The number of aromatic nitrogens is 1. The van der Waals surface area contributed by atoms with E-state index in [0.29, 0.717) is 5.56 Å². The molecule has 0 unspecified atom stereocenters. The average molecular weight is 314 g/mol. The van der Waals surface area contributed by atoms with E-state index in [1.165, 1.54) is 0 Å². The number of alkyl carbamates (subject to hydrolysis) is 1. The molecule has 0 saturated carbocycles. The molecule has 0 bridgehead atoms. The Hall–Kier alpha value is -2.89. The van der Waals surface area contributed by atoms with Gasteiger partial charge in [-0.1, -0.05) is 30.3 Å². The summed E-state index contributed by atoms with van der Waals surface area (Å²) in [7, 11) is 0. The third kappa shape index (κ3) is 5.43. The lowest BCUT2D eigenvalue weighted by molar-refractivity contribution is -0.727. The Morgan fingerprint density at radius 2 is 1.83 bits per heavy atom. The van der Waals surface area contributed by atoms with Crippen LogP contribution in [0.1, 0.15) is 22.8 Å². The average Bonchev–Trinajstić information content (AvgIpc) is 2.54. The summed E-state index contributed by atoms with van der Waals surface area (Å²) in [5.74, 6) is -0.495. The van der Waals surface area contributed by atoms with Crippen molar-refractivity contribution in [1.29, 1.82) is 0 Å². The van der Waals surface area contributed by atoms with E-state index >= 15 is 0 Å². The van der Waals surface area contributed by atoms with Crippen LogP contribution in [0.4, 0.5) is 4.79 Å². The second-order valence-electron chi connectivity index (χ2n) is 5.26. The van der Waals surface area contributed by atoms with E-state index in [9.17, 15) is 9.59 Å². The highest BCUT2D eigenvalue weighted by molar-refractivity contribution is 5.92. The van der Waals surface area contributed by atoms with Crippen LogP contribution in [0.2, 0.25) is 0 Å². The molecule has 2 rings (SSSR count). The van der Waals surface area contributed by atoms with E-state index in [1.807, 2.05) is 37.3 Å². The van der Waals surface area contributed by atoms with Crippen LogP contribution in [0.15, 0.2) is 54.9 Å². The zero-order valence-corrected chi connectivity index (χ0v) is 12.9. The van der Waals surface area contributed by atoms with E-state index in [-0.39, 0.29) is 12.8 Å². The van der Waals surface area contributed by atoms with E-state index in [4.69, 9.17) is 10.5 Å². The Kier molecular flexibility index (Phi) is 5.68. The number of carbonyl (C=O) groups is 2. The lowest BCUT2D eigenvalue weighted by Crippen LogP contribution is -2.40. The Morgan fingerprint density at radius 3 is 2.43 bits per heavy atom. The van der Waals surface area contributed by atoms with Crippen molar-refractivity contribution in [1.82, 2.24) is 5.32 Å². The molecule has 2 amide bonds. The number of primary amides is 1. The van der Waals surface area contributed by atoms with Gasteiger partial charge in [-0.25, -0.2) is 4.79 Å². The van der Waals surface area contributed by atoms with Crippen molar-refractivity contribution in [2.45, 2.75) is 26.1 Å². The molecule has 2 aromatic rings. The molecule has 6 nitrogen and oxygen atoms in total. The summed E-state index contributed by atoms with van der Waals surface area (Å²) in [6.45, 7) is 1.98. The maximum atomic E-state index is 11.8. The Morgan fingerprint density at radius 1 is 1.17 bits per heavy atom. The van der Waals surface area contributed by atoms with Crippen molar-refractivity contribution in [2.24, 2.45) is 5.73 Å². The third-order valence-corrected chi connectivity index (χ3v) is 3.27. The quantitative estimate of drug-likeness (QED) is 0.790. The topological polar surface area (TPSA) is 85.3 Å². The van der Waals surface area contributed by atoms with Gasteiger partial charge in [0.25, 0.3) is 6.73 Å². The first kappa shape index (κ1) is 16.5. The normalized spacial score (nSPS) is 11.5. The number of hydrogen-bond acceptors (Lipinski definition) is 3. The monoisotopic (exact) mass is 314 g/mol. The van der Waals surface area contributed by atoms with Gasteiger partial charge in [-0.15, -0.1) is 0 Å². The highest BCUT2D eigenvalue weighted by Crippen LogP contribution is 2.02. The lowest BCUT2D eigenvalue weighted by atomic mass is 10.1. The molecule has 0 aliphatic carbocycles. The summed E-state index contributed by atoms with van der Waals surface area (Å²) in [5.41, 5.74) is 6.72. The number of ether oxygens (including phenoxy) is 1. The van der Waals surface area contributed by atoms with Crippen LogP contribution < -0.4 is 15.6 Å². The van der Waals surface area contributed by atoms with Gasteiger partial charge in [-0.05, 0) is 18.9 Å². The standard InChI is InChI=1S/C17H19N3O3/c1-13(11-14-5-3-2-4-6-14)19-17(22)23-12-20-9-7-15(8-10-20)16(18)21/h2-10,13H,11-12H2,1H3,(H2-,18,19,21,22)/p+1/t13-/m0/s1. The minimum atomic E-state index is -0.495. The fraction of sp³-hybridized carbons (Fsp3) is 0.235. The van der Waals surface area contributed by atoms with E-state index in [1.54, 1.807) is 29.1 Å². The predicted octanol–water partition coefficient (Wildman–Crippen LogP) is 1.39. The highest BCUT2D eigenvalue weighted by atomic mass is 16.6. The first-order valence-corrected chi connectivity index (χ1v) is 7.30. The van der Waals surface area contributed by atoms with E-state index < -0.39 is 12.0 Å². The number of rotatable bonds is 6. The fourth-order valence-electron chi connectivity index (χ4n) is 2.10. The van der Waals surface area contributed by atoms with Crippen LogP contribution in [0.3, 0.4) is 0 Å². The number of pyridine rings is 1. The molecule has 1 heterocycles. The lowest BCUT2D eigenvalue weighted by Gasteiger charge is -2.13. The largest absolute Gasteiger partial charge is 0.412 e. The van der Waals surface area contributed by atoms with Crippen molar-refractivity contribution in [2.75, 3.05) is 0 Å². The van der Waals surface area contributed by atoms with Crippen molar-refractivity contribution in [3.05, 3.63) is 66.0 Å². The maximum Gasteiger partial charge on any atom is 0.412 e. The highest BCUT2D eigenvalue weighted by Gasteiger charge is 2.11. The Balaban J connectivity index is 1.77. The SMILES string of the molecule is C[C@@H](Cc1ccccc1)NC(=O)OC[n+]1ccc(C(N)=O)cc1. The van der Waals surface area contributed by atoms with Crippen LogP contribution in [0, 0.1) is 0 Å². The number of amides is 2. The van der Waals surface area contributed by atoms with Crippen LogP contribution in [0.5, 0.6) is 0 Å². The summed E-state index contributed by atoms with van der Waals surface area (Å²) in [6.07, 6.45) is 3.50. The summed E-state index contributed by atoms with van der Waals surface area (Å²) in [5, 5.41) is 2.78. The molecule has 3 N–H and O–H groups in total. The predicted molar refractivity (Wildman–Crippen MR) is 84.4 cm³/mol. The van der Waals surface area contributed by atoms with Gasteiger partial charge in [0.1, 0.15) is 0 Å². The Labute approximate surface area is 134 Å². The zero-order chi connectivity index (χ0) is 16.7. The molecule has 1 aromatic carbocycles. The molecule has 0 spiro atoms. The van der Waals surface area contributed by atoms with E-state index in [2.05, 4.69) is 5.32 Å². The molecule has 120 valence electrons. The van der Waals surface area contributed by atoms with Gasteiger partial charge in [0.2, 0.25) is 5.91 Å². The number of benzene rings is 1. The second kappa shape index (κ2) is 7.93. The molecular formula is C17H20N3O3+. The summed E-state index contributed by atoms with van der Waals surface area (Å²) in [4.78, 5) is 22.7. The first-order chi connectivity index (χ1) is 11.0. The maximum absolute atomic E-state index is 11.8. The summed E-state index contributed by atoms with van der Waals surface area (Å²) in [6, 6.07) is 13.0. The van der Waals surface area contributed by atoms with Gasteiger partial charge in [0.05, 0.1) is 5.56 Å². The molecule has 0 radical (unpaired) electrons. The van der Waals surface area contributed by atoms with Crippen LogP contribution in [-0.4, -0.2) is 18.0 Å². The van der Waals surface area contributed by atoms with Gasteiger partial charge in [0, 0.05) is 18.2 Å². The van der Waals surface area contributed by atoms with Crippen LogP contribution in [0.25, 0.3) is 0 Å². The van der Waals surface area contributed by atoms with Crippen LogP contribution >= 0.6 is 0 Å². The van der Waals surface area contributed by atoms with Gasteiger partial charge in [-0.2, -0.15) is 4.57 Å². The number of carbonyl (C=O) groups excluding carboxylic acids is 2. The van der Waals surface area contributed by atoms with Crippen molar-refractivity contribution in [3.63, 3.8) is 0 Å². The fourth-order valence-corrected chi connectivity index (χ4v) is 2.10. The minimum Gasteiger partial charge on any atom is -0.388 e. The molecule has 0 saturated heterocycles. The van der Waals surface area contributed by atoms with Gasteiger partial charge >= 0.3 is 6.09 Å². The van der Waals surface area contributed by atoms with Crippen LogP contribution in [-0.2, 0) is 17.9 Å². The minimum absolute atomic E-state index is 0.0351. The third-order valence-electron chi connectivity index (χ3n) is 3.27. The van der Waals surface area contributed by atoms with E-state index in [0.717, 1.165) is 12.0 Å². The molecule has 0 aliphatic heterocycles. The molecule has 23 heavy (non-hydrogen) atoms. The van der Waals surface area contributed by atoms with Gasteiger partial charge in [-0.3, -0.25) is 4.79 Å². The number of nitrogens with two attached hydrogens (primary N) is 1. The second-order valence-corrected chi connectivity index (χ2v) is 5.26. The van der Waals surface area contributed by atoms with Gasteiger partial charge < -0.3 is 15.8 Å². The van der Waals surface area contributed by atoms with Crippen molar-refractivity contribution >= 4 is 12.0 Å². The number of nitrogens with zero attached hydrogens (tertiary/aromatic N) is 1. The zero-order valence-electron chi connectivity index (χ0n) is 12.9. The van der Waals surface area contributed by atoms with Crippen molar-refractivity contribution in [3.8, 4) is 0 Å². The molecular weight excluding hydrogens is 294 g/mol. The smallest absolute Gasteiger partial charge is 0.388 e. The molecule has 1 atom stereocenters. The molecule has 0 aliphatic rings. The first-order valence-electron chi connectivity index (χ1n) is 7.30. The molecule has 6 heteroatoms.